The summed E-state index contributed by atoms with van der Waals surface area (Å²) in [6, 6.07) is 0. The summed E-state index contributed by atoms with van der Waals surface area (Å²) in [7, 11) is 1.81. The van der Waals surface area contributed by atoms with Crippen molar-refractivity contribution in [3.63, 3.8) is 0 Å². The van der Waals surface area contributed by atoms with Crippen LogP contribution >= 0.6 is 0 Å². The quantitative estimate of drug-likeness (QED) is 0.790. The Labute approximate surface area is 127 Å². The highest BCUT2D eigenvalue weighted by Crippen LogP contribution is 2.23. The Kier molecular flexibility index (Phi) is 5.62. The van der Waals surface area contributed by atoms with Crippen molar-refractivity contribution in [2.24, 2.45) is 11.8 Å². The third-order valence-corrected chi connectivity index (χ3v) is 4.43. The van der Waals surface area contributed by atoms with E-state index in [-0.39, 0.29) is 23.8 Å². The van der Waals surface area contributed by atoms with Crippen LogP contribution in [-0.4, -0.2) is 61.0 Å². The maximum absolute atomic E-state index is 12.5. The molecule has 2 aliphatic rings. The van der Waals surface area contributed by atoms with Crippen molar-refractivity contribution in [2.45, 2.75) is 45.6 Å². The normalized spacial score (nSPS) is 24.8. The number of rotatable bonds is 4. The average molecular weight is 296 g/mol. The average Bonchev–Trinajstić information content (AvgIpc) is 2.48. The molecule has 0 N–H and O–H groups in total. The van der Waals surface area contributed by atoms with E-state index in [4.69, 9.17) is 4.74 Å². The van der Waals surface area contributed by atoms with Gasteiger partial charge in [0.15, 0.2) is 0 Å². The summed E-state index contributed by atoms with van der Waals surface area (Å²) in [5, 5.41) is 0. The number of hydrogen-bond acceptors (Lipinski definition) is 3. The Morgan fingerprint density at radius 3 is 2.48 bits per heavy atom. The van der Waals surface area contributed by atoms with Crippen molar-refractivity contribution in [1.82, 2.24) is 9.80 Å². The summed E-state index contributed by atoms with van der Waals surface area (Å²) in [6.45, 7) is 7.32. The van der Waals surface area contributed by atoms with Gasteiger partial charge >= 0.3 is 0 Å². The second kappa shape index (κ2) is 7.25. The second-order valence-electron chi connectivity index (χ2n) is 6.76. The second-order valence-corrected chi connectivity index (χ2v) is 6.76. The van der Waals surface area contributed by atoms with E-state index in [1.54, 1.807) is 11.9 Å². The van der Waals surface area contributed by atoms with Crippen molar-refractivity contribution in [3.05, 3.63) is 0 Å². The molecule has 2 heterocycles. The van der Waals surface area contributed by atoms with Crippen molar-refractivity contribution < 1.29 is 14.3 Å². The van der Waals surface area contributed by atoms with Crippen molar-refractivity contribution >= 4 is 11.8 Å². The van der Waals surface area contributed by atoms with Gasteiger partial charge in [0.25, 0.3) is 0 Å². The Morgan fingerprint density at radius 1 is 1.24 bits per heavy atom. The number of likely N-dealkylation sites (tertiary alicyclic amines) is 2. The Hall–Kier alpha value is -1.10. The van der Waals surface area contributed by atoms with E-state index in [1.807, 2.05) is 4.90 Å². The monoisotopic (exact) mass is 296 g/mol. The fraction of sp³-hybridized carbons (Fsp3) is 0.875. The lowest BCUT2D eigenvalue weighted by Crippen LogP contribution is -2.47. The molecular formula is C16H28N2O3. The van der Waals surface area contributed by atoms with E-state index in [2.05, 4.69) is 13.8 Å². The van der Waals surface area contributed by atoms with Crippen LogP contribution in [0.1, 0.15) is 39.5 Å². The predicted octanol–water partition coefficient (Wildman–Crippen LogP) is 1.52. The summed E-state index contributed by atoms with van der Waals surface area (Å²) < 4.78 is 5.85. The molecule has 21 heavy (non-hydrogen) atoms. The van der Waals surface area contributed by atoms with Gasteiger partial charge in [-0.15, -0.1) is 0 Å². The Balaban J connectivity index is 1.76. The first-order valence-corrected chi connectivity index (χ1v) is 8.11. The molecule has 5 nitrogen and oxygen atoms in total. The van der Waals surface area contributed by atoms with Gasteiger partial charge in [-0.25, -0.2) is 0 Å². The first kappa shape index (κ1) is 16.3. The van der Waals surface area contributed by atoms with Crippen LogP contribution in [0.25, 0.3) is 0 Å². The van der Waals surface area contributed by atoms with Crippen molar-refractivity contribution in [2.75, 3.05) is 33.3 Å². The van der Waals surface area contributed by atoms with Crippen LogP contribution in [0.5, 0.6) is 0 Å². The molecule has 0 radical (unpaired) electrons. The molecule has 0 unspecified atom stereocenters. The first-order valence-electron chi connectivity index (χ1n) is 8.11. The molecule has 0 aliphatic carbocycles. The fourth-order valence-corrected chi connectivity index (χ4v) is 2.98. The summed E-state index contributed by atoms with van der Waals surface area (Å²) >= 11 is 0. The maximum atomic E-state index is 12.5. The van der Waals surface area contributed by atoms with E-state index in [9.17, 15) is 9.59 Å². The minimum absolute atomic E-state index is 0.0924. The molecule has 2 saturated heterocycles. The number of amides is 2. The number of carbonyl (C=O) groups is 2. The van der Waals surface area contributed by atoms with Gasteiger partial charge in [-0.2, -0.15) is 0 Å². The molecule has 0 spiro atoms. The highest BCUT2D eigenvalue weighted by atomic mass is 16.5. The number of ether oxygens (including phenoxy) is 1. The van der Waals surface area contributed by atoms with Gasteiger partial charge in [-0.3, -0.25) is 9.59 Å². The molecule has 2 fully saturated rings. The van der Waals surface area contributed by atoms with Crippen LogP contribution in [0.3, 0.4) is 0 Å². The lowest BCUT2D eigenvalue weighted by Gasteiger charge is -2.36. The van der Waals surface area contributed by atoms with Gasteiger partial charge in [0.2, 0.25) is 11.8 Å². The summed E-state index contributed by atoms with van der Waals surface area (Å²) in [5.74, 6) is 0.699. The number of nitrogens with zero attached hydrogens (tertiary/aromatic N) is 2. The molecule has 0 bridgehead atoms. The van der Waals surface area contributed by atoms with Crippen LogP contribution in [-0.2, 0) is 14.3 Å². The van der Waals surface area contributed by atoms with Gasteiger partial charge in [0.1, 0.15) is 0 Å². The molecule has 120 valence electrons. The van der Waals surface area contributed by atoms with Crippen molar-refractivity contribution in [1.29, 1.82) is 0 Å². The summed E-state index contributed by atoms with van der Waals surface area (Å²) in [4.78, 5) is 27.9. The SMILES string of the molecule is CC(C)COC1CCN(C(=O)[C@H]2CCN(C)C(=O)C2)CC1. The van der Waals surface area contributed by atoms with Gasteiger partial charge in [0, 0.05) is 45.6 Å². The molecule has 2 amide bonds. The minimum Gasteiger partial charge on any atom is -0.378 e. The van der Waals surface area contributed by atoms with Gasteiger partial charge in [-0.1, -0.05) is 13.8 Å². The summed E-state index contributed by atoms with van der Waals surface area (Å²) in [5.41, 5.74) is 0. The van der Waals surface area contributed by atoms with E-state index < -0.39 is 0 Å². The largest absolute Gasteiger partial charge is 0.378 e. The zero-order valence-corrected chi connectivity index (χ0v) is 13.5. The van der Waals surface area contributed by atoms with Gasteiger partial charge in [0.05, 0.1) is 6.10 Å². The predicted molar refractivity (Wildman–Crippen MR) is 80.8 cm³/mol. The van der Waals surface area contributed by atoms with Crippen LogP contribution in [0.4, 0.5) is 0 Å². The van der Waals surface area contributed by atoms with E-state index in [1.165, 1.54) is 0 Å². The summed E-state index contributed by atoms with van der Waals surface area (Å²) in [6.07, 6.45) is 3.29. The van der Waals surface area contributed by atoms with Crippen molar-refractivity contribution in [3.8, 4) is 0 Å². The first-order chi connectivity index (χ1) is 9.97. The molecule has 0 aromatic carbocycles. The Morgan fingerprint density at radius 2 is 1.90 bits per heavy atom. The van der Waals surface area contributed by atoms with Crippen LogP contribution in [0, 0.1) is 11.8 Å². The molecule has 0 aromatic heterocycles. The highest BCUT2D eigenvalue weighted by Gasteiger charge is 2.33. The van der Waals surface area contributed by atoms with E-state index >= 15 is 0 Å². The maximum Gasteiger partial charge on any atom is 0.226 e. The van der Waals surface area contributed by atoms with Gasteiger partial charge in [-0.05, 0) is 25.2 Å². The zero-order valence-electron chi connectivity index (χ0n) is 13.5. The van der Waals surface area contributed by atoms with E-state index in [0.717, 1.165) is 39.0 Å². The smallest absolute Gasteiger partial charge is 0.226 e. The lowest BCUT2D eigenvalue weighted by molar-refractivity contribution is -0.146. The minimum atomic E-state index is -0.109. The third kappa shape index (κ3) is 4.43. The molecule has 1 atom stereocenters. The molecule has 2 aliphatic heterocycles. The topological polar surface area (TPSA) is 49.9 Å². The van der Waals surface area contributed by atoms with Crippen LogP contribution in [0.15, 0.2) is 0 Å². The van der Waals surface area contributed by atoms with Crippen LogP contribution in [0.2, 0.25) is 0 Å². The third-order valence-electron chi connectivity index (χ3n) is 4.43. The number of hydrogen-bond donors (Lipinski definition) is 0. The number of piperidine rings is 2. The zero-order chi connectivity index (χ0) is 15.4. The Bertz CT molecular complexity index is 376. The number of carbonyl (C=O) groups excluding carboxylic acids is 2. The highest BCUT2D eigenvalue weighted by molar-refractivity contribution is 5.86. The molecule has 0 aromatic rings. The standard InChI is InChI=1S/C16H28N2O3/c1-12(2)11-21-14-5-8-18(9-6-14)16(20)13-4-7-17(3)15(19)10-13/h12-14H,4-11H2,1-3H3/t13-/m0/s1. The molecular weight excluding hydrogens is 268 g/mol. The fourth-order valence-electron chi connectivity index (χ4n) is 2.98. The molecule has 2 rings (SSSR count). The van der Waals surface area contributed by atoms with Gasteiger partial charge < -0.3 is 14.5 Å². The van der Waals surface area contributed by atoms with E-state index in [0.29, 0.717) is 18.9 Å². The lowest BCUT2D eigenvalue weighted by atomic mass is 9.94. The van der Waals surface area contributed by atoms with Crippen LogP contribution < -0.4 is 0 Å². The molecule has 0 saturated carbocycles. The molecule has 5 heteroatoms.